The molecule has 1 aliphatic heterocycles. The summed E-state index contributed by atoms with van der Waals surface area (Å²) in [6.07, 6.45) is 0. The first kappa shape index (κ1) is 11.9. The molecule has 4 nitrogen and oxygen atoms in total. The molecule has 1 heterocycles. The van der Waals surface area contributed by atoms with E-state index in [1.807, 2.05) is 36.1 Å². The summed E-state index contributed by atoms with van der Waals surface area (Å²) in [4.78, 5) is 14.2. The lowest BCUT2D eigenvalue weighted by Crippen LogP contribution is -2.47. The number of hydrogen-bond acceptors (Lipinski definition) is 3. The van der Waals surface area contributed by atoms with Crippen molar-refractivity contribution < 1.29 is 4.79 Å². The summed E-state index contributed by atoms with van der Waals surface area (Å²) in [5.41, 5.74) is 7.40. The minimum absolute atomic E-state index is 0.0892. The molecule has 2 rings (SSSR count). The summed E-state index contributed by atoms with van der Waals surface area (Å²) in [5, 5.41) is 3.25. The number of benzene rings is 1. The van der Waals surface area contributed by atoms with E-state index in [0.29, 0.717) is 0 Å². The molecule has 1 aromatic rings. The van der Waals surface area contributed by atoms with Crippen molar-refractivity contribution in [2.75, 3.05) is 31.9 Å². The second kappa shape index (κ2) is 5.19. The SMILES string of the molecule is CC(C(=O)N1CCNCC1)c1ccc(N)cc1. The van der Waals surface area contributed by atoms with Gasteiger partial charge in [-0.3, -0.25) is 4.79 Å². The zero-order chi connectivity index (χ0) is 12.3. The molecule has 0 aliphatic carbocycles. The average Bonchev–Trinajstić information content (AvgIpc) is 2.39. The molecule has 1 amide bonds. The predicted octanol–water partition coefficient (Wildman–Crippen LogP) is 0.804. The van der Waals surface area contributed by atoms with E-state index in [1.165, 1.54) is 0 Å². The van der Waals surface area contributed by atoms with Crippen molar-refractivity contribution in [1.29, 1.82) is 0 Å². The summed E-state index contributed by atoms with van der Waals surface area (Å²) in [6, 6.07) is 7.55. The van der Waals surface area contributed by atoms with E-state index >= 15 is 0 Å². The standard InChI is InChI=1S/C13H19N3O/c1-10(11-2-4-12(14)5-3-11)13(17)16-8-6-15-7-9-16/h2-5,10,15H,6-9,14H2,1H3. The average molecular weight is 233 g/mol. The number of nitrogens with one attached hydrogen (secondary N) is 1. The molecular formula is C13H19N3O. The van der Waals surface area contributed by atoms with Crippen LogP contribution in [0.3, 0.4) is 0 Å². The Balaban J connectivity index is 2.05. The quantitative estimate of drug-likeness (QED) is 0.743. The molecule has 1 atom stereocenters. The number of nitrogens with two attached hydrogens (primary N) is 1. The number of carbonyl (C=O) groups is 1. The second-order valence-electron chi connectivity index (χ2n) is 4.46. The molecular weight excluding hydrogens is 214 g/mol. The highest BCUT2D eigenvalue weighted by molar-refractivity contribution is 5.83. The zero-order valence-corrected chi connectivity index (χ0v) is 10.1. The Bertz CT molecular complexity index is 382. The van der Waals surface area contributed by atoms with Crippen molar-refractivity contribution in [2.45, 2.75) is 12.8 Å². The van der Waals surface area contributed by atoms with Crippen LogP contribution in [0.15, 0.2) is 24.3 Å². The fourth-order valence-electron chi connectivity index (χ4n) is 2.09. The number of piperazine rings is 1. The Labute approximate surface area is 102 Å². The van der Waals surface area contributed by atoms with Crippen molar-refractivity contribution in [1.82, 2.24) is 10.2 Å². The minimum Gasteiger partial charge on any atom is -0.399 e. The van der Waals surface area contributed by atoms with Gasteiger partial charge >= 0.3 is 0 Å². The largest absolute Gasteiger partial charge is 0.399 e. The number of anilines is 1. The van der Waals surface area contributed by atoms with Gasteiger partial charge in [0.2, 0.25) is 5.91 Å². The molecule has 0 aromatic heterocycles. The van der Waals surface area contributed by atoms with Crippen LogP contribution < -0.4 is 11.1 Å². The molecule has 17 heavy (non-hydrogen) atoms. The van der Waals surface area contributed by atoms with Crippen LogP contribution in [-0.4, -0.2) is 37.0 Å². The van der Waals surface area contributed by atoms with E-state index in [2.05, 4.69) is 5.32 Å². The van der Waals surface area contributed by atoms with Crippen molar-refractivity contribution in [2.24, 2.45) is 0 Å². The van der Waals surface area contributed by atoms with Crippen LogP contribution in [0.1, 0.15) is 18.4 Å². The normalized spacial score (nSPS) is 17.8. The monoisotopic (exact) mass is 233 g/mol. The van der Waals surface area contributed by atoms with Crippen LogP contribution in [0.5, 0.6) is 0 Å². The van der Waals surface area contributed by atoms with E-state index in [9.17, 15) is 4.79 Å². The second-order valence-corrected chi connectivity index (χ2v) is 4.46. The van der Waals surface area contributed by atoms with Gasteiger partial charge in [0.15, 0.2) is 0 Å². The number of nitrogen functional groups attached to an aromatic ring is 1. The van der Waals surface area contributed by atoms with E-state index in [0.717, 1.165) is 37.4 Å². The van der Waals surface area contributed by atoms with Crippen molar-refractivity contribution >= 4 is 11.6 Å². The molecule has 0 radical (unpaired) electrons. The Morgan fingerprint density at radius 2 is 1.88 bits per heavy atom. The molecule has 3 N–H and O–H groups in total. The molecule has 1 aliphatic rings. The third-order valence-electron chi connectivity index (χ3n) is 3.24. The van der Waals surface area contributed by atoms with Crippen molar-refractivity contribution in [3.8, 4) is 0 Å². The summed E-state index contributed by atoms with van der Waals surface area (Å²) in [7, 11) is 0. The minimum atomic E-state index is -0.0892. The molecule has 0 spiro atoms. The fraction of sp³-hybridized carbons (Fsp3) is 0.462. The number of hydrogen-bond donors (Lipinski definition) is 2. The Hall–Kier alpha value is -1.55. The van der Waals surface area contributed by atoms with Gasteiger partial charge in [0.1, 0.15) is 0 Å². The van der Waals surface area contributed by atoms with E-state index in [1.54, 1.807) is 0 Å². The van der Waals surface area contributed by atoms with Gasteiger partial charge in [-0.25, -0.2) is 0 Å². The number of carbonyl (C=O) groups excluding carboxylic acids is 1. The highest BCUT2D eigenvalue weighted by Gasteiger charge is 2.22. The van der Waals surface area contributed by atoms with Crippen LogP contribution in [0.2, 0.25) is 0 Å². The number of nitrogens with zero attached hydrogens (tertiary/aromatic N) is 1. The Morgan fingerprint density at radius 3 is 2.47 bits per heavy atom. The molecule has 1 saturated heterocycles. The summed E-state index contributed by atoms with van der Waals surface area (Å²) in [5.74, 6) is 0.116. The van der Waals surface area contributed by atoms with Crippen molar-refractivity contribution in [3.63, 3.8) is 0 Å². The van der Waals surface area contributed by atoms with Gasteiger partial charge in [0.05, 0.1) is 5.92 Å². The lowest BCUT2D eigenvalue weighted by Gasteiger charge is -2.30. The molecule has 1 unspecified atom stereocenters. The lowest BCUT2D eigenvalue weighted by molar-refractivity contribution is -0.133. The van der Waals surface area contributed by atoms with Crippen LogP contribution in [0.25, 0.3) is 0 Å². The highest BCUT2D eigenvalue weighted by Crippen LogP contribution is 2.19. The van der Waals surface area contributed by atoms with Gasteiger partial charge in [-0.1, -0.05) is 12.1 Å². The first-order valence-electron chi connectivity index (χ1n) is 6.03. The Kier molecular flexibility index (Phi) is 3.64. The highest BCUT2D eigenvalue weighted by atomic mass is 16.2. The van der Waals surface area contributed by atoms with Crippen LogP contribution in [0, 0.1) is 0 Å². The molecule has 0 saturated carbocycles. The smallest absolute Gasteiger partial charge is 0.229 e. The number of amides is 1. The van der Waals surface area contributed by atoms with Crippen LogP contribution >= 0.6 is 0 Å². The molecule has 0 bridgehead atoms. The topological polar surface area (TPSA) is 58.4 Å². The molecule has 4 heteroatoms. The first-order valence-corrected chi connectivity index (χ1v) is 6.03. The van der Waals surface area contributed by atoms with Gasteiger partial charge in [-0.2, -0.15) is 0 Å². The van der Waals surface area contributed by atoms with Gasteiger partial charge in [0, 0.05) is 31.9 Å². The van der Waals surface area contributed by atoms with E-state index in [-0.39, 0.29) is 11.8 Å². The summed E-state index contributed by atoms with van der Waals surface area (Å²) >= 11 is 0. The summed E-state index contributed by atoms with van der Waals surface area (Å²) in [6.45, 7) is 5.34. The van der Waals surface area contributed by atoms with Crippen LogP contribution in [0.4, 0.5) is 5.69 Å². The van der Waals surface area contributed by atoms with E-state index < -0.39 is 0 Å². The number of rotatable bonds is 2. The van der Waals surface area contributed by atoms with Gasteiger partial charge < -0.3 is 16.0 Å². The third kappa shape index (κ3) is 2.77. The zero-order valence-electron chi connectivity index (χ0n) is 10.1. The lowest BCUT2D eigenvalue weighted by atomic mass is 9.99. The summed E-state index contributed by atoms with van der Waals surface area (Å²) < 4.78 is 0. The molecule has 1 fully saturated rings. The fourth-order valence-corrected chi connectivity index (χ4v) is 2.09. The Morgan fingerprint density at radius 1 is 1.29 bits per heavy atom. The first-order chi connectivity index (χ1) is 8.18. The van der Waals surface area contributed by atoms with Crippen LogP contribution in [-0.2, 0) is 4.79 Å². The maximum atomic E-state index is 12.3. The molecule has 1 aromatic carbocycles. The molecule has 92 valence electrons. The van der Waals surface area contributed by atoms with Gasteiger partial charge in [-0.05, 0) is 24.6 Å². The van der Waals surface area contributed by atoms with E-state index in [4.69, 9.17) is 5.73 Å². The van der Waals surface area contributed by atoms with Crippen molar-refractivity contribution in [3.05, 3.63) is 29.8 Å². The predicted molar refractivity (Wildman–Crippen MR) is 68.7 cm³/mol. The maximum Gasteiger partial charge on any atom is 0.229 e. The maximum absolute atomic E-state index is 12.3. The van der Waals surface area contributed by atoms with Gasteiger partial charge in [0.25, 0.3) is 0 Å². The third-order valence-corrected chi connectivity index (χ3v) is 3.24. The van der Waals surface area contributed by atoms with Gasteiger partial charge in [-0.15, -0.1) is 0 Å².